The van der Waals surface area contributed by atoms with Crippen molar-refractivity contribution >= 4 is 0 Å². The topological polar surface area (TPSA) is 0 Å². The minimum Gasteiger partial charge on any atom is -0.0499 e. The second-order valence-corrected chi connectivity index (χ2v) is 3.90. The van der Waals surface area contributed by atoms with Gasteiger partial charge in [-0.05, 0) is 49.4 Å². The predicted octanol–water partition coefficient (Wildman–Crippen LogP) is 2.05. The van der Waals surface area contributed by atoms with E-state index in [9.17, 15) is 0 Å². The summed E-state index contributed by atoms with van der Waals surface area (Å²) in [6.45, 7) is 0. The molecule has 0 nitrogen and oxygen atoms in total. The second-order valence-electron chi connectivity index (χ2n) is 3.90. The molecule has 0 saturated heterocycles. The molecule has 0 heteroatoms. The standard InChI is InChI=1S/C8H12/c1-2-7-5(1)3-6-4-8(6)7/h5-8H,1-4H2/t5-,6-,7-,8-/m0/s1. The van der Waals surface area contributed by atoms with Gasteiger partial charge in [0.05, 0.1) is 0 Å². The van der Waals surface area contributed by atoms with E-state index in [1.54, 1.807) is 25.7 Å². The first-order valence-corrected chi connectivity index (χ1v) is 3.95. The molecular weight excluding hydrogens is 96.1 g/mol. The Morgan fingerprint density at radius 3 is 2.12 bits per heavy atom. The Kier molecular flexibility index (Phi) is 0.482. The van der Waals surface area contributed by atoms with Gasteiger partial charge in [0.15, 0.2) is 0 Å². The Morgan fingerprint density at radius 1 is 0.750 bits per heavy atom. The molecule has 0 aliphatic heterocycles. The van der Waals surface area contributed by atoms with Gasteiger partial charge < -0.3 is 0 Å². The first-order chi connectivity index (χ1) is 3.95. The van der Waals surface area contributed by atoms with Crippen LogP contribution in [-0.2, 0) is 0 Å². The maximum Gasteiger partial charge on any atom is -0.0352 e. The van der Waals surface area contributed by atoms with Gasteiger partial charge in [-0.15, -0.1) is 0 Å². The van der Waals surface area contributed by atoms with E-state index in [4.69, 9.17) is 0 Å². The molecule has 0 spiro atoms. The lowest BCUT2D eigenvalue weighted by Gasteiger charge is -2.32. The number of hydrogen-bond donors (Lipinski definition) is 0. The lowest BCUT2D eigenvalue weighted by Crippen LogP contribution is -2.22. The highest BCUT2D eigenvalue weighted by Gasteiger charge is 2.56. The van der Waals surface area contributed by atoms with E-state index in [-0.39, 0.29) is 0 Å². The summed E-state index contributed by atoms with van der Waals surface area (Å²) in [4.78, 5) is 0. The molecule has 0 bridgehead atoms. The summed E-state index contributed by atoms with van der Waals surface area (Å²) in [5.74, 6) is 4.93. The monoisotopic (exact) mass is 108 g/mol. The van der Waals surface area contributed by atoms with Gasteiger partial charge in [0.1, 0.15) is 0 Å². The van der Waals surface area contributed by atoms with E-state index in [0.29, 0.717) is 0 Å². The molecule has 0 aromatic rings. The maximum atomic E-state index is 1.62. The highest BCUT2D eigenvalue weighted by Crippen LogP contribution is 2.65. The van der Waals surface area contributed by atoms with Crippen LogP contribution >= 0.6 is 0 Å². The molecule has 44 valence electrons. The summed E-state index contributed by atoms with van der Waals surface area (Å²) in [5.41, 5.74) is 0. The Hall–Kier alpha value is 0. The van der Waals surface area contributed by atoms with Crippen LogP contribution in [0.5, 0.6) is 0 Å². The van der Waals surface area contributed by atoms with Crippen LogP contribution in [-0.4, -0.2) is 0 Å². The Bertz CT molecular complexity index is 124. The molecule has 3 aliphatic carbocycles. The molecule has 8 heavy (non-hydrogen) atoms. The zero-order valence-electron chi connectivity index (χ0n) is 5.14. The molecular formula is C8H12. The van der Waals surface area contributed by atoms with Crippen LogP contribution < -0.4 is 0 Å². The largest absolute Gasteiger partial charge is 0.0499 e. The molecule has 0 aromatic carbocycles. The van der Waals surface area contributed by atoms with Crippen molar-refractivity contribution in [3.8, 4) is 0 Å². The van der Waals surface area contributed by atoms with Crippen molar-refractivity contribution in [3.05, 3.63) is 0 Å². The van der Waals surface area contributed by atoms with Crippen LogP contribution in [0.4, 0.5) is 0 Å². The molecule has 0 radical (unpaired) electrons. The predicted molar refractivity (Wildman–Crippen MR) is 32.4 cm³/mol. The fourth-order valence-corrected chi connectivity index (χ4v) is 2.91. The molecule has 0 unspecified atom stereocenters. The highest BCUT2D eigenvalue weighted by molar-refractivity contribution is 5.05. The first-order valence-electron chi connectivity index (χ1n) is 3.95. The van der Waals surface area contributed by atoms with Gasteiger partial charge in [0, 0.05) is 0 Å². The van der Waals surface area contributed by atoms with Crippen LogP contribution in [0.3, 0.4) is 0 Å². The first kappa shape index (κ1) is 3.92. The summed E-state index contributed by atoms with van der Waals surface area (Å²) >= 11 is 0. The molecule has 3 rings (SSSR count). The molecule has 3 fully saturated rings. The highest BCUT2D eigenvalue weighted by atomic mass is 14.6. The normalized spacial score (nSPS) is 66.0. The third-order valence-electron chi connectivity index (χ3n) is 3.61. The van der Waals surface area contributed by atoms with E-state index in [2.05, 4.69) is 0 Å². The second kappa shape index (κ2) is 0.984. The third-order valence-corrected chi connectivity index (χ3v) is 3.61. The third kappa shape index (κ3) is 0.284. The molecule has 0 amide bonds. The maximum absolute atomic E-state index is 1.62. The zero-order valence-corrected chi connectivity index (χ0v) is 5.14. The van der Waals surface area contributed by atoms with E-state index in [0.717, 1.165) is 0 Å². The van der Waals surface area contributed by atoms with Crippen molar-refractivity contribution in [2.45, 2.75) is 25.7 Å². The molecule has 3 aliphatic rings. The smallest absolute Gasteiger partial charge is 0.0352 e. The molecule has 0 heterocycles. The van der Waals surface area contributed by atoms with Crippen molar-refractivity contribution in [2.75, 3.05) is 0 Å². The number of rotatable bonds is 0. The van der Waals surface area contributed by atoms with E-state index >= 15 is 0 Å². The summed E-state index contributed by atoms with van der Waals surface area (Å²) < 4.78 is 0. The number of fused-ring (bicyclic) bond motifs is 3. The molecule has 0 aromatic heterocycles. The SMILES string of the molecule is C1C[C@H]2[C@@H]1C[C@H]1C[C@@H]12. The quantitative estimate of drug-likeness (QED) is 0.445. The molecule has 4 atom stereocenters. The summed E-state index contributed by atoms with van der Waals surface area (Å²) in [5, 5.41) is 0. The van der Waals surface area contributed by atoms with Crippen molar-refractivity contribution < 1.29 is 0 Å². The van der Waals surface area contributed by atoms with E-state index < -0.39 is 0 Å². The van der Waals surface area contributed by atoms with Crippen molar-refractivity contribution in [1.29, 1.82) is 0 Å². The lowest BCUT2D eigenvalue weighted by molar-refractivity contribution is 0.182. The van der Waals surface area contributed by atoms with Gasteiger partial charge in [-0.2, -0.15) is 0 Å². The van der Waals surface area contributed by atoms with E-state index in [1.807, 2.05) is 0 Å². The summed E-state index contributed by atoms with van der Waals surface area (Å²) in [6.07, 6.45) is 6.40. The Labute approximate surface area is 50.3 Å². The van der Waals surface area contributed by atoms with Gasteiger partial charge in [-0.3, -0.25) is 0 Å². The fourth-order valence-electron chi connectivity index (χ4n) is 2.91. The number of hydrogen-bond acceptors (Lipinski definition) is 0. The average molecular weight is 108 g/mol. The van der Waals surface area contributed by atoms with Crippen LogP contribution in [0.15, 0.2) is 0 Å². The minimum atomic E-state index is 1.22. The van der Waals surface area contributed by atoms with Gasteiger partial charge in [0.2, 0.25) is 0 Å². The Balaban J connectivity index is 1.92. The summed E-state index contributed by atoms with van der Waals surface area (Å²) in [6, 6.07) is 0. The average Bonchev–Trinajstić information content (AvgIpc) is 2.34. The minimum absolute atomic E-state index is 1.22. The zero-order chi connectivity index (χ0) is 5.14. The fraction of sp³-hybridized carbons (Fsp3) is 1.00. The van der Waals surface area contributed by atoms with Gasteiger partial charge in [-0.1, -0.05) is 0 Å². The van der Waals surface area contributed by atoms with Crippen molar-refractivity contribution in [2.24, 2.45) is 23.7 Å². The Morgan fingerprint density at radius 2 is 1.75 bits per heavy atom. The van der Waals surface area contributed by atoms with Gasteiger partial charge in [0.25, 0.3) is 0 Å². The van der Waals surface area contributed by atoms with Crippen LogP contribution in [0.1, 0.15) is 25.7 Å². The lowest BCUT2D eigenvalue weighted by atomic mass is 9.73. The van der Waals surface area contributed by atoms with Gasteiger partial charge >= 0.3 is 0 Å². The molecule has 0 N–H and O–H groups in total. The van der Waals surface area contributed by atoms with Crippen LogP contribution in [0.25, 0.3) is 0 Å². The van der Waals surface area contributed by atoms with Crippen molar-refractivity contribution in [1.82, 2.24) is 0 Å². The van der Waals surface area contributed by atoms with Crippen LogP contribution in [0.2, 0.25) is 0 Å². The van der Waals surface area contributed by atoms with Gasteiger partial charge in [-0.25, -0.2) is 0 Å². The van der Waals surface area contributed by atoms with Crippen molar-refractivity contribution in [3.63, 3.8) is 0 Å². The summed E-state index contributed by atoms with van der Waals surface area (Å²) in [7, 11) is 0. The van der Waals surface area contributed by atoms with Crippen LogP contribution in [0, 0.1) is 23.7 Å². The van der Waals surface area contributed by atoms with E-state index in [1.165, 1.54) is 23.7 Å². The molecule has 3 saturated carbocycles.